The third-order valence-electron chi connectivity index (χ3n) is 2.49. The van der Waals surface area contributed by atoms with Crippen molar-refractivity contribution < 1.29 is 0 Å². The molecule has 1 aromatic heterocycles. The van der Waals surface area contributed by atoms with Crippen LogP contribution in [-0.2, 0) is 6.42 Å². The highest BCUT2D eigenvalue weighted by molar-refractivity contribution is 7.99. The SMILES string of the molecule is CNC1CSCC1Cc1nccs1. The van der Waals surface area contributed by atoms with Crippen molar-refractivity contribution >= 4 is 23.1 Å². The minimum atomic E-state index is 0.689. The lowest BCUT2D eigenvalue weighted by Crippen LogP contribution is -2.33. The molecule has 0 radical (unpaired) electrons. The first-order valence-electron chi connectivity index (χ1n) is 4.53. The van der Waals surface area contributed by atoms with Crippen LogP contribution < -0.4 is 5.32 Å². The van der Waals surface area contributed by atoms with Gasteiger partial charge in [0.1, 0.15) is 0 Å². The van der Waals surface area contributed by atoms with Crippen molar-refractivity contribution in [2.45, 2.75) is 12.5 Å². The summed E-state index contributed by atoms with van der Waals surface area (Å²) in [5.41, 5.74) is 0. The van der Waals surface area contributed by atoms with Crippen molar-refractivity contribution in [2.24, 2.45) is 5.92 Å². The fourth-order valence-corrected chi connectivity index (χ4v) is 3.89. The molecule has 0 saturated carbocycles. The van der Waals surface area contributed by atoms with E-state index >= 15 is 0 Å². The van der Waals surface area contributed by atoms with Crippen LogP contribution in [0.2, 0.25) is 0 Å². The van der Waals surface area contributed by atoms with E-state index in [1.165, 1.54) is 16.5 Å². The van der Waals surface area contributed by atoms with E-state index in [1.807, 2.05) is 6.20 Å². The van der Waals surface area contributed by atoms with E-state index in [-0.39, 0.29) is 0 Å². The highest BCUT2D eigenvalue weighted by Gasteiger charge is 2.26. The summed E-state index contributed by atoms with van der Waals surface area (Å²) in [4.78, 5) is 4.33. The predicted octanol–water partition coefficient (Wildman–Crippen LogP) is 1.64. The van der Waals surface area contributed by atoms with Gasteiger partial charge < -0.3 is 5.32 Å². The standard InChI is InChI=1S/C9H14N2S2/c1-10-8-6-12-5-7(8)4-9-11-2-3-13-9/h2-3,7-8,10H,4-6H2,1H3. The fraction of sp³-hybridized carbons (Fsp3) is 0.667. The molecule has 2 rings (SSSR count). The molecule has 1 N–H and O–H groups in total. The molecular weight excluding hydrogens is 200 g/mol. The Morgan fingerprint density at radius 1 is 1.62 bits per heavy atom. The summed E-state index contributed by atoms with van der Waals surface area (Å²) in [7, 11) is 2.06. The van der Waals surface area contributed by atoms with Crippen LogP contribution in [0.1, 0.15) is 5.01 Å². The molecule has 2 unspecified atom stereocenters. The summed E-state index contributed by atoms with van der Waals surface area (Å²) in [6, 6.07) is 0.689. The van der Waals surface area contributed by atoms with Crippen LogP contribution >= 0.6 is 23.1 Å². The molecular formula is C9H14N2S2. The largest absolute Gasteiger partial charge is 0.316 e. The van der Waals surface area contributed by atoms with Gasteiger partial charge in [0.2, 0.25) is 0 Å². The average molecular weight is 214 g/mol. The van der Waals surface area contributed by atoms with Gasteiger partial charge in [-0.25, -0.2) is 4.98 Å². The second-order valence-corrected chi connectivity index (χ2v) is 5.38. The van der Waals surface area contributed by atoms with Gasteiger partial charge in [-0.1, -0.05) is 0 Å². The monoisotopic (exact) mass is 214 g/mol. The zero-order chi connectivity index (χ0) is 9.10. The number of hydrogen-bond donors (Lipinski definition) is 1. The van der Waals surface area contributed by atoms with E-state index < -0.39 is 0 Å². The van der Waals surface area contributed by atoms with Gasteiger partial charge in [0.25, 0.3) is 0 Å². The van der Waals surface area contributed by atoms with Crippen molar-refractivity contribution in [1.82, 2.24) is 10.3 Å². The predicted molar refractivity (Wildman–Crippen MR) is 59.5 cm³/mol. The number of rotatable bonds is 3. The lowest BCUT2D eigenvalue weighted by atomic mass is 10.0. The molecule has 2 heterocycles. The molecule has 0 spiro atoms. The maximum Gasteiger partial charge on any atom is 0.0928 e. The molecule has 2 atom stereocenters. The molecule has 2 nitrogen and oxygen atoms in total. The quantitative estimate of drug-likeness (QED) is 0.828. The van der Waals surface area contributed by atoms with E-state index in [0.29, 0.717) is 6.04 Å². The summed E-state index contributed by atoms with van der Waals surface area (Å²) in [5, 5.41) is 6.73. The number of hydrogen-bond acceptors (Lipinski definition) is 4. The Morgan fingerprint density at radius 3 is 3.23 bits per heavy atom. The van der Waals surface area contributed by atoms with E-state index in [4.69, 9.17) is 0 Å². The minimum Gasteiger partial charge on any atom is -0.316 e. The Labute approximate surface area is 87.1 Å². The third-order valence-corrected chi connectivity index (χ3v) is 4.55. The van der Waals surface area contributed by atoms with Crippen LogP contribution in [0.25, 0.3) is 0 Å². The van der Waals surface area contributed by atoms with Gasteiger partial charge in [-0.2, -0.15) is 11.8 Å². The van der Waals surface area contributed by atoms with E-state index in [2.05, 4.69) is 34.5 Å². The molecule has 0 aromatic carbocycles. The molecule has 1 aromatic rings. The number of nitrogens with zero attached hydrogens (tertiary/aromatic N) is 1. The van der Waals surface area contributed by atoms with Gasteiger partial charge in [-0.3, -0.25) is 0 Å². The van der Waals surface area contributed by atoms with Gasteiger partial charge in [-0.05, 0) is 18.7 Å². The van der Waals surface area contributed by atoms with E-state index in [1.54, 1.807) is 11.3 Å². The second kappa shape index (κ2) is 4.44. The second-order valence-electron chi connectivity index (χ2n) is 3.32. The van der Waals surface area contributed by atoms with Crippen LogP contribution in [0.15, 0.2) is 11.6 Å². The van der Waals surface area contributed by atoms with Gasteiger partial charge in [-0.15, -0.1) is 11.3 Å². The van der Waals surface area contributed by atoms with Crippen LogP contribution in [0.5, 0.6) is 0 Å². The normalized spacial score (nSPS) is 28.1. The molecule has 1 aliphatic heterocycles. The van der Waals surface area contributed by atoms with E-state index in [9.17, 15) is 0 Å². The smallest absolute Gasteiger partial charge is 0.0928 e. The van der Waals surface area contributed by atoms with Gasteiger partial charge in [0.05, 0.1) is 5.01 Å². The van der Waals surface area contributed by atoms with Crippen LogP contribution in [0.4, 0.5) is 0 Å². The Balaban J connectivity index is 1.94. The maximum atomic E-state index is 4.33. The Hall–Kier alpha value is -0.0600. The van der Waals surface area contributed by atoms with Gasteiger partial charge in [0, 0.05) is 29.8 Å². The lowest BCUT2D eigenvalue weighted by molar-refractivity contribution is 0.453. The summed E-state index contributed by atoms with van der Waals surface area (Å²) in [6.45, 7) is 0. The zero-order valence-electron chi connectivity index (χ0n) is 7.69. The molecule has 1 aliphatic rings. The summed E-state index contributed by atoms with van der Waals surface area (Å²) >= 11 is 3.83. The Kier molecular flexibility index (Phi) is 3.24. The van der Waals surface area contributed by atoms with E-state index in [0.717, 1.165) is 12.3 Å². The molecule has 1 saturated heterocycles. The van der Waals surface area contributed by atoms with Crippen LogP contribution in [0, 0.1) is 5.92 Å². The Bertz CT molecular complexity index is 248. The molecule has 4 heteroatoms. The van der Waals surface area contributed by atoms with Gasteiger partial charge in [0.15, 0.2) is 0 Å². The zero-order valence-corrected chi connectivity index (χ0v) is 9.33. The number of thioether (sulfide) groups is 1. The summed E-state index contributed by atoms with van der Waals surface area (Å²) < 4.78 is 0. The van der Waals surface area contributed by atoms with Crippen molar-refractivity contribution in [2.75, 3.05) is 18.6 Å². The van der Waals surface area contributed by atoms with Crippen molar-refractivity contribution in [1.29, 1.82) is 0 Å². The van der Waals surface area contributed by atoms with Crippen molar-refractivity contribution in [3.8, 4) is 0 Å². The highest BCUT2D eigenvalue weighted by Crippen LogP contribution is 2.27. The first-order valence-corrected chi connectivity index (χ1v) is 6.57. The first kappa shape index (κ1) is 9.49. The Morgan fingerprint density at radius 2 is 2.54 bits per heavy atom. The molecule has 0 amide bonds. The molecule has 13 heavy (non-hydrogen) atoms. The van der Waals surface area contributed by atoms with Crippen LogP contribution in [0.3, 0.4) is 0 Å². The van der Waals surface area contributed by atoms with Crippen molar-refractivity contribution in [3.05, 3.63) is 16.6 Å². The first-order chi connectivity index (χ1) is 6.40. The fourth-order valence-electron chi connectivity index (χ4n) is 1.70. The topological polar surface area (TPSA) is 24.9 Å². The highest BCUT2D eigenvalue weighted by atomic mass is 32.2. The molecule has 0 aliphatic carbocycles. The number of aromatic nitrogens is 1. The summed E-state index contributed by atoms with van der Waals surface area (Å²) in [5.74, 6) is 3.32. The molecule has 0 bridgehead atoms. The third kappa shape index (κ3) is 2.24. The maximum absolute atomic E-state index is 4.33. The molecule has 72 valence electrons. The lowest BCUT2D eigenvalue weighted by Gasteiger charge is -2.16. The average Bonchev–Trinajstić information content (AvgIpc) is 2.76. The van der Waals surface area contributed by atoms with Crippen molar-refractivity contribution in [3.63, 3.8) is 0 Å². The molecule has 1 fully saturated rings. The van der Waals surface area contributed by atoms with Crippen LogP contribution in [-0.4, -0.2) is 29.6 Å². The summed E-state index contributed by atoms with van der Waals surface area (Å²) in [6.07, 6.45) is 3.05. The minimum absolute atomic E-state index is 0.689. The number of nitrogens with one attached hydrogen (secondary N) is 1. The number of thiazole rings is 1. The van der Waals surface area contributed by atoms with Gasteiger partial charge >= 0.3 is 0 Å².